The average Bonchev–Trinajstić information content (AvgIpc) is 3.02. The molecule has 274 valence electrons. The number of carbonyl (C=O) groups is 5. The highest BCUT2D eigenvalue weighted by Crippen LogP contribution is 2.38. The summed E-state index contributed by atoms with van der Waals surface area (Å²) in [4.78, 5) is 63.6. The Morgan fingerprint density at radius 3 is 2.20 bits per heavy atom. The van der Waals surface area contributed by atoms with Gasteiger partial charge in [0.2, 0.25) is 10.0 Å². The highest BCUT2D eigenvalue weighted by Gasteiger charge is 2.59. The SMILES string of the molecule is COC(=O)[C@@]1(OCc2cccc(F)c2F)C[C@H](OC(C)=O)[C@@H](NS(C)(=O)=O)[C@H]([C@H](OC(C)=O)[C@@H](CNC(=O)c2ccc(Cl)cc2)OC(C)=O)O1. The van der Waals surface area contributed by atoms with Crippen LogP contribution in [0.3, 0.4) is 0 Å². The predicted octanol–water partition coefficient (Wildman–Crippen LogP) is 1.94. The molecule has 2 aromatic rings. The zero-order chi connectivity index (χ0) is 37.4. The van der Waals surface area contributed by atoms with Crippen molar-refractivity contribution in [2.24, 2.45) is 0 Å². The second-order valence-electron chi connectivity index (χ2n) is 11.0. The van der Waals surface area contributed by atoms with E-state index in [9.17, 15) is 41.2 Å². The van der Waals surface area contributed by atoms with E-state index in [0.717, 1.165) is 46.3 Å². The predicted molar refractivity (Wildman–Crippen MR) is 168 cm³/mol. The molecule has 0 spiro atoms. The minimum atomic E-state index is -4.23. The van der Waals surface area contributed by atoms with Gasteiger partial charge < -0.3 is 33.7 Å². The van der Waals surface area contributed by atoms with Gasteiger partial charge in [0.15, 0.2) is 23.8 Å². The van der Waals surface area contributed by atoms with Gasteiger partial charge in [0.1, 0.15) is 12.2 Å². The van der Waals surface area contributed by atoms with Crippen molar-refractivity contribution in [3.8, 4) is 0 Å². The van der Waals surface area contributed by atoms with Crippen LogP contribution in [-0.2, 0) is 64.2 Å². The third-order valence-electron chi connectivity index (χ3n) is 7.09. The lowest BCUT2D eigenvalue weighted by Gasteiger charge is -2.48. The van der Waals surface area contributed by atoms with Crippen LogP contribution in [0.4, 0.5) is 8.78 Å². The number of ether oxygens (including phenoxy) is 6. The van der Waals surface area contributed by atoms with Crippen molar-refractivity contribution in [2.45, 2.75) is 70.0 Å². The molecule has 0 aromatic heterocycles. The number of hydrogen-bond donors (Lipinski definition) is 2. The maximum atomic E-state index is 14.6. The topological polar surface area (TPSA) is 199 Å². The van der Waals surface area contributed by atoms with Gasteiger partial charge in [0, 0.05) is 36.9 Å². The van der Waals surface area contributed by atoms with Gasteiger partial charge in [-0.2, -0.15) is 0 Å². The molecular formula is C31H35ClF2N2O13S. The number of methoxy groups -OCH3 is 1. The van der Waals surface area contributed by atoms with E-state index in [4.69, 9.17) is 40.0 Å². The van der Waals surface area contributed by atoms with Crippen molar-refractivity contribution in [2.75, 3.05) is 19.9 Å². The van der Waals surface area contributed by atoms with Crippen molar-refractivity contribution in [3.63, 3.8) is 0 Å². The van der Waals surface area contributed by atoms with Gasteiger partial charge in [-0.15, -0.1) is 0 Å². The summed E-state index contributed by atoms with van der Waals surface area (Å²) in [6.07, 6.45) is -7.22. The molecular weight excluding hydrogens is 714 g/mol. The molecule has 1 heterocycles. The summed E-state index contributed by atoms with van der Waals surface area (Å²) in [5, 5.41) is 2.85. The molecule has 0 saturated carbocycles. The standard InChI is InChI=1S/C31H35ClF2N2O13S/c1-16(37)46-23-13-31(30(41)44-4,45-15-20-7-6-8-22(33)25(20)34)49-28(26(23)36-50(5,42)43)27(48-18(3)39)24(47-17(2)38)14-35-29(40)19-9-11-21(32)12-10-19/h6-12,23-24,26-28,36H,13-15H2,1-5H3,(H,35,40)/t23-,24+,26+,27+,28+,31+/m0/s1. The molecule has 15 nitrogen and oxygen atoms in total. The lowest BCUT2D eigenvalue weighted by molar-refractivity contribution is -0.316. The lowest BCUT2D eigenvalue weighted by atomic mass is 9.88. The van der Waals surface area contributed by atoms with E-state index in [1.54, 1.807) is 0 Å². The Kier molecular flexibility index (Phi) is 13.8. The third kappa shape index (κ3) is 10.9. The highest BCUT2D eigenvalue weighted by molar-refractivity contribution is 7.88. The molecule has 0 unspecified atom stereocenters. The van der Waals surface area contributed by atoms with Crippen molar-refractivity contribution in [1.82, 2.24) is 10.0 Å². The molecule has 2 aromatic carbocycles. The van der Waals surface area contributed by atoms with E-state index in [0.29, 0.717) is 5.02 Å². The average molecular weight is 749 g/mol. The Morgan fingerprint density at radius 2 is 1.64 bits per heavy atom. The van der Waals surface area contributed by atoms with Gasteiger partial charge in [0.25, 0.3) is 11.7 Å². The fraction of sp³-hybridized carbons (Fsp3) is 0.452. The number of rotatable bonds is 14. The van der Waals surface area contributed by atoms with E-state index in [-0.39, 0.29) is 11.1 Å². The summed E-state index contributed by atoms with van der Waals surface area (Å²) >= 11 is 5.90. The van der Waals surface area contributed by atoms with Gasteiger partial charge in [-0.05, 0) is 30.3 Å². The summed E-state index contributed by atoms with van der Waals surface area (Å²) in [6, 6.07) is 7.12. The minimum absolute atomic E-state index is 0.128. The number of carbonyl (C=O) groups excluding carboxylic acids is 5. The summed E-state index contributed by atoms with van der Waals surface area (Å²) in [5.74, 6) is -10.2. The van der Waals surface area contributed by atoms with Crippen molar-refractivity contribution >= 4 is 51.4 Å². The molecule has 0 bridgehead atoms. The van der Waals surface area contributed by atoms with Crippen LogP contribution in [-0.4, -0.2) is 94.4 Å². The molecule has 1 aliphatic heterocycles. The van der Waals surface area contributed by atoms with Gasteiger partial charge in [-0.25, -0.2) is 26.7 Å². The second kappa shape index (κ2) is 17.1. The van der Waals surface area contributed by atoms with Crippen LogP contribution in [0.2, 0.25) is 5.02 Å². The van der Waals surface area contributed by atoms with Crippen molar-refractivity contribution in [3.05, 3.63) is 70.2 Å². The quantitative estimate of drug-likeness (QED) is 0.210. The fourth-order valence-corrected chi connectivity index (χ4v) is 6.01. The van der Waals surface area contributed by atoms with Crippen molar-refractivity contribution < 1.29 is 69.6 Å². The van der Waals surface area contributed by atoms with Crippen LogP contribution in [0.5, 0.6) is 0 Å². The Labute approximate surface area is 290 Å². The zero-order valence-corrected chi connectivity index (χ0v) is 29.0. The maximum absolute atomic E-state index is 14.6. The first-order chi connectivity index (χ1) is 23.4. The molecule has 0 aliphatic carbocycles. The zero-order valence-electron chi connectivity index (χ0n) is 27.4. The van der Waals surface area contributed by atoms with Gasteiger partial charge in [-0.1, -0.05) is 23.7 Å². The Hall–Kier alpha value is -4.23. The summed E-state index contributed by atoms with van der Waals surface area (Å²) in [5.41, 5.74) is -0.253. The highest BCUT2D eigenvalue weighted by atomic mass is 35.5. The van der Waals surface area contributed by atoms with E-state index >= 15 is 0 Å². The molecule has 1 aliphatic rings. The number of sulfonamides is 1. The van der Waals surface area contributed by atoms with Gasteiger partial charge >= 0.3 is 23.9 Å². The molecule has 2 N–H and O–H groups in total. The van der Waals surface area contributed by atoms with Gasteiger partial charge in [-0.3, -0.25) is 19.2 Å². The van der Waals surface area contributed by atoms with Crippen LogP contribution >= 0.6 is 11.6 Å². The largest absolute Gasteiger partial charge is 0.465 e. The molecule has 50 heavy (non-hydrogen) atoms. The normalized spacial score (nSPS) is 21.6. The molecule has 1 amide bonds. The number of benzene rings is 2. The molecule has 19 heteroatoms. The first-order valence-electron chi connectivity index (χ1n) is 14.7. The molecule has 6 atom stereocenters. The Morgan fingerprint density at radius 1 is 1.00 bits per heavy atom. The smallest absolute Gasteiger partial charge is 0.366 e. The molecule has 1 fully saturated rings. The lowest BCUT2D eigenvalue weighted by Crippen LogP contribution is -2.69. The van der Waals surface area contributed by atoms with E-state index in [2.05, 4.69) is 10.0 Å². The molecule has 0 radical (unpaired) electrons. The number of esters is 4. The number of hydrogen-bond acceptors (Lipinski definition) is 13. The van der Waals surface area contributed by atoms with E-state index in [1.165, 1.54) is 30.3 Å². The second-order valence-corrected chi connectivity index (χ2v) is 13.3. The van der Waals surface area contributed by atoms with E-state index in [1.807, 2.05) is 0 Å². The van der Waals surface area contributed by atoms with Crippen LogP contribution in [0.1, 0.15) is 43.1 Å². The summed E-state index contributed by atoms with van der Waals surface area (Å²) in [6.45, 7) is 1.48. The van der Waals surface area contributed by atoms with Gasteiger partial charge in [0.05, 0.1) is 39.0 Å². The number of amides is 1. The minimum Gasteiger partial charge on any atom is -0.465 e. The first kappa shape index (κ1) is 40.2. The third-order valence-corrected chi connectivity index (χ3v) is 8.04. The number of halogens is 3. The maximum Gasteiger partial charge on any atom is 0.366 e. The van der Waals surface area contributed by atoms with Crippen LogP contribution in [0, 0.1) is 11.6 Å². The molecule has 3 rings (SSSR count). The number of nitrogens with one attached hydrogen (secondary N) is 2. The summed E-state index contributed by atoms with van der Waals surface area (Å²) < 4.78 is 89.2. The van der Waals surface area contributed by atoms with Crippen LogP contribution in [0.25, 0.3) is 0 Å². The summed E-state index contributed by atoms with van der Waals surface area (Å²) in [7, 11) is -3.30. The Bertz CT molecular complexity index is 1700. The van der Waals surface area contributed by atoms with Crippen molar-refractivity contribution in [1.29, 1.82) is 0 Å². The van der Waals surface area contributed by atoms with E-state index < -0.39 is 107 Å². The molecule has 1 saturated heterocycles. The van der Waals surface area contributed by atoms with Crippen LogP contribution < -0.4 is 10.0 Å². The first-order valence-corrected chi connectivity index (χ1v) is 17.0. The monoisotopic (exact) mass is 748 g/mol. The fourth-order valence-electron chi connectivity index (χ4n) is 5.11. The van der Waals surface area contributed by atoms with Crippen LogP contribution in [0.15, 0.2) is 42.5 Å². The Balaban J connectivity index is 2.18.